The Labute approximate surface area is 189 Å². The minimum Gasteiger partial charge on any atom is -0.373 e. The van der Waals surface area contributed by atoms with E-state index in [1.807, 2.05) is 0 Å². The third-order valence-corrected chi connectivity index (χ3v) is 6.37. The van der Waals surface area contributed by atoms with E-state index >= 15 is 4.39 Å². The molecule has 0 unspecified atom stereocenters. The Morgan fingerprint density at radius 1 is 1.31 bits per heavy atom. The number of alkyl halides is 2. The second-order valence-corrected chi connectivity index (χ2v) is 8.70. The summed E-state index contributed by atoms with van der Waals surface area (Å²) in [5.74, 6) is -2.71. The average Bonchev–Trinajstić information content (AvgIpc) is 3.39. The van der Waals surface area contributed by atoms with Crippen molar-refractivity contribution in [2.75, 3.05) is 4.90 Å². The molecule has 7 nitrogen and oxygen atoms in total. The van der Waals surface area contributed by atoms with E-state index in [0.29, 0.717) is 12.0 Å². The molecule has 32 heavy (non-hydrogen) atoms. The predicted octanol–water partition coefficient (Wildman–Crippen LogP) is 3.14. The fourth-order valence-corrected chi connectivity index (χ4v) is 4.58. The third kappa shape index (κ3) is 3.95. The smallest absolute Gasteiger partial charge is 0.278 e. The highest BCUT2D eigenvalue weighted by molar-refractivity contribution is 6.32. The summed E-state index contributed by atoms with van der Waals surface area (Å²) in [5.41, 5.74) is -3.91. The van der Waals surface area contributed by atoms with Gasteiger partial charge in [0.15, 0.2) is 5.54 Å². The summed E-state index contributed by atoms with van der Waals surface area (Å²) in [5, 5.41) is 2.92. The first-order valence-corrected chi connectivity index (χ1v) is 10.8. The molecule has 4 rings (SSSR count). The molecular weight excluding hydrogens is 442 g/mol. The van der Waals surface area contributed by atoms with Crippen molar-refractivity contribution in [3.8, 4) is 0 Å². The molecule has 0 aliphatic carbocycles. The highest BCUT2D eigenvalue weighted by atomic mass is 35.5. The lowest BCUT2D eigenvalue weighted by atomic mass is 9.88. The summed E-state index contributed by atoms with van der Waals surface area (Å²) in [4.78, 5) is 35.3. The summed E-state index contributed by atoms with van der Waals surface area (Å²) in [6, 6.07) is 3.80. The normalized spacial score (nSPS) is 24.6. The number of benzene rings is 1. The van der Waals surface area contributed by atoms with Crippen molar-refractivity contribution in [2.24, 2.45) is 0 Å². The Balaban J connectivity index is 1.82. The summed E-state index contributed by atoms with van der Waals surface area (Å²) in [6.07, 6.45) is 6.22. The van der Waals surface area contributed by atoms with E-state index in [1.54, 1.807) is 13.0 Å². The van der Waals surface area contributed by atoms with Crippen LogP contribution in [-0.4, -0.2) is 45.7 Å². The molecule has 2 saturated heterocycles. The predicted molar refractivity (Wildman–Crippen MR) is 113 cm³/mol. The van der Waals surface area contributed by atoms with Crippen molar-refractivity contribution in [2.45, 2.75) is 62.5 Å². The monoisotopic (exact) mass is 464 g/mol. The van der Waals surface area contributed by atoms with E-state index in [-0.39, 0.29) is 29.5 Å². The van der Waals surface area contributed by atoms with Gasteiger partial charge < -0.3 is 10.1 Å². The van der Waals surface area contributed by atoms with Crippen LogP contribution >= 0.6 is 11.6 Å². The van der Waals surface area contributed by atoms with Crippen LogP contribution in [0, 0.1) is 12.7 Å². The van der Waals surface area contributed by atoms with Gasteiger partial charge in [-0.1, -0.05) is 17.7 Å². The molecule has 3 heterocycles. The topological polar surface area (TPSA) is 84.4 Å². The number of anilines is 1. The minimum atomic E-state index is -2.50. The summed E-state index contributed by atoms with van der Waals surface area (Å²) in [6.45, 7) is 3.07. The van der Waals surface area contributed by atoms with Gasteiger partial charge in [0.05, 0.1) is 23.9 Å². The number of carbonyl (C=O) groups is 2. The number of aryl methyl sites for hydroxylation is 1. The maximum atomic E-state index is 15.0. The van der Waals surface area contributed by atoms with Crippen LogP contribution in [0.1, 0.15) is 37.3 Å². The summed E-state index contributed by atoms with van der Waals surface area (Å²) < 4.78 is 35.0. The van der Waals surface area contributed by atoms with Crippen molar-refractivity contribution in [3.63, 3.8) is 0 Å². The molecule has 2 amide bonds. The molecule has 1 N–H and O–H groups in total. The molecule has 2 aliphatic rings. The van der Waals surface area contributed by atoms with Crippen molar-refractivity contribution in [1.29, 1.82) is 0 Å². The highest BCUT2D eigenvalue weighted by Crippen LogP contribution is 2.38. The molecule has 0 radical (unpaired) electrons. The molecule has 2 bridgehead atoms. The second kappa shape index (κ2) is 8.71. The Hall–Kier alpha value is -2.65. The van der Waals surface area contributed by atoms with Crippen LogP contribution in [0.4, 0.5) is 14.5 Å². The van der Waals surface area contributed by atoms with Crippen molar-refractivity contribution in [3.05, 3.63) is 53.9 Å². The fraction of sp³-hybridized carbons (Fsp3) is 0.455. The second-order valence-electron chi connectivity index (χ2n) is 8.32. The molecule has 2 aliphatic heterocycles. The average molecular weight is 465 g/mol. The van der Waals surface area contributed by atoms with Gasteiger partial charge in [-0.25, -0.2) is 18.7 Å². The first kappa shape index (κ1) is 22.5. The first-order valence-electron chi connectivity index (χ1n) is 10.3. The van der Waals surface area contributed by atoms with Gasteiger partial charge in [0.2, 0.25) is 0 Å². The van der Waals surface area contributed by atoms with E-state index in [9.17, 15) is 14.0 Å². The highest BCUT2D eigenvalue weighted by Gasteiger charge is 2.50. The van der Waals surface area contributed by atoms with Crippen LogP contribution in [0.25, 0.3) is 0 Å². The number of nitrogens with zero attached hydrogens (tertiary/aromatic N) is 3. The van der Waals surface area contributed by atoms with Gasteiger partial charge in [-0.3, -0.25) is 14.5 Å². The van der Waals surface area contributed by atoms with Crippen LogP contribution in [-0.2, 0) is 19.9 Å². The maximum Gasteiger partial charge on any atom is 0.278 e. The number of aromatic nitrogens is 2. The molecule has 1 aromatic carbocycles. The summed E-state index contributed by atoms with van der Waals surface area (Å²) in [7, 11) is 0. The van der Waals surface area contributed by atoms with Crippen LogP contribution < -0.4 is 10.2 Å². The number of halogens is 3. The molecule has 0 spiro atoms. The standard InChI is InChI=1S/C22H23ClF2N4O3/c1-12-3-5-17(15(24)7-12)29(20(30)19(23)25)22(2,13-9-26-11-27-10-13)21(31)28-16-8-14-4-6-18(16)32-14/h3,5,7,9-11,14,16,18-19H,4,6,8H2,1-2H3,(H,28,31)/t14-,16-,18+,19+,22-/m1/s1. The number of hydrogen-bond acceptors (Lipinski definition) is 5. The number of carbonyl (C=O) groups excluding carboxylic acids is 2. The minimum absolute atomic E-state index is 0.0713. The Morgan fingerprint density at radius 2 is 2.03 bits per heavy atom. The van der Waals surface area contributed by atoms with Crippen molar-refractivity contribution < 1.29 is 23.1 Å². The molecule has 5 atom stereocenters. The van der Waals surface area contributed by atoms with Gasteiger partial charge in [-0.15, -0.1) is 0 Å². The molecular formula is C22H23ClF2N4O3. The van der Waals surface area contributed by atoms with E-state index in [4.69, 9.17) is 16.3 Å². The van der Waals surface area contributed by atoms with Gasteiger partial charge in [0, 0.05) is 18.0 Å². The quantitative estimate of drug-likeness (QED) is 0.664. The summed E-state index contributed by atoms with van der Waals surface area (Å²) >= 11 is 5.51. The van der Waals surface area contributed by atoms with Crippen molar-refractivity contribution >= 4 is 29.1 Å². The van der Waals surface area contributed by atoms with Gasteiger partial charge in [-0.05, 0) is 50.8 Å². The molecule has 0 saturated carbocycles. The molecule has 170 valence electrons. The van der Waals surface area contributed by atoms with Crippen LogP contribution in [0.5, 0.6) is 0 Å². The Kier molecular flexibility index (Phi) is 6.13. The first-order chi connectivity index (χ1) is 15.2. The lowest BCUT2D eigenvalue weighted by Crippen LogP contribution is -2.60. The lowest BCUT2D eigenvalue weighted by molar-refractivity contribution is -0.132. The van der Waals surface area contributed by atoms with E-state index in [1.165, 1.54) is 37.8 Å². The van der Waals surface area contributed by atoms with E-state index in [0.717, 1.165) is 17.7 Å². The molecule has 10 heteroatoms. The Morgan fingerprint density at radius 3 is 2.59 bits per heavy atom. The van der Waals surface area contributed by atoms with Gasteiger partial charge in [-0.2, -0.15) is 0 Å². The molecule has 1 aromatic heterocycles. The SMILES string of the molecule is Cc1ccc(N(C(=O)[C@H](F)Cl)[C@@](C)(C(=O)N[C@@H]2C[C@H]3CC[C@@H]2O3)c2cncnc2)c(F)c1. The third-order valence-electron chi connectivity index (χ3n) is 6.19. The van der Waals surface area contributed by atoms with Gasteiger partial charge in [0.1, 0.15) is 12.1 Å². The van der Waals surface area contributed by atoms with E-state index < -0.39 is 28.8 Å². The number of amides is 2. The van der Waals surface area contributed by atoms with Crippen LogP contribution in [0.15, 0.2) is 36.9 Å². The number of fused-ring (bicyclic) bond motifs is 2. The molecule has 2 aromatic rings. The largest absolute Gasteiger partial charge is 0.373 e. The number of ether oxygens (including phenoxy) is 1. The Bertz CT molecular complexity index is 1030. The van der Waals surface area contributed by atoms with Crippen molar-refractivity contribution in [1.82, 2.24) is 15.3 Å². The van der Waals surface area contributed by atoms with Crippen LogP contribution in [0.2, 0.25) is 0 Å². The van der Waals surface area contributed by atoms with Gasteiger partial charge in [0.25, 0.3) is 17.4 Å². The zero-order valence-corrected chi connectivity index (χ0v) is 18.4. The van der Waals surface area contributed by atoms with Crippen LogP contribution in [0.3, 0.4) is 0 Å². The lowest BCUT2D eigenvalue weighted by Gasteiger charge is -2.41. The fourth-order valence-electron chi connectivity index (χ4n) is 4.48. The maximum absolute atomic E-state index is 15.0. The zero-order chi connectivity index (χ0) is 23.0. The number of hydrogen-bond donors (Lipinski definition) is 1. The molecule has 2 fully saturated rings. The number of rotatable bonds is 6. The zero-order valence-electron chi connectivity index (χ0n) is 17.6. The van der Waals surface area contributed by atoms with Gasteiger partial charge >= 0.3 is 0 Å². The number of nitrogens with one attached hydrogen (secondary N) is 1. The van der Waals surface area contributed by atoms with E-state index in [2.05, 4.69) is 15.3 Å².